The first kappa shape index (κ1) is 11.9. The van der Waals surface area contributed by atoms with Crippen molar-refractivity contribution in [2.24, 2.45) is 0 Å². The molecule has 1 unspecified atom stereocenters. The molecule has 1 atom stereocenters. The fourth-order valence-electron chi connectivity index (χ4n) is 1.59. The normalized spacial score (nSPS) is 31.0. The Morgan fingerprint density at radius 1 is 0.917 bits per heavy atom. The summed E-state index contributed by atoms with van der Waals surface area (Å²) in [5.41, 5.74) is 0.556. The Morgan fingerprint density at radius 2 is 1.50 bits per heavy atom. The maximum atomic E-state index is 3.46. The van der Waals surface area contributed by atoms with Crippen molar-refractivity contribution in [3.8, 4) is 0 Å². The van der Waals surface area contributed by atoms with Gasteiger partial charge >= 0.3 is 0 Å². The van der Waals surface area contributed by atoms with E-state index in [1.807, 2.05) is 27.7 Å². The van der Waals surface area contributed by atoms with E-state index in [4.69, 9.17) is 0 Å². The van der Waals surface area contributed by atoms with Crippen molar-refractivity contribution in [2.75, 3.05) is 19.6 Å². The van der Waals surface area contributed by atoms with Gasteiger partial charge in [0.25, 0.3) is 0 Å². The lowest BCUT2D eigenvalue weighted by molar-refractivity contribution is 0.233. The summed E-state index contributed by atoms with van der Waals surface area (Å²) in [6.07, 6.45) is 2.73. The van der Waals surface area contributed by atoms with Gasteiger partial charge < -0.3 is 10.6 Å². The highest BCUT2D eigenvalue weighted by molar-refractivity contribution is 5.02. The van der Waals surface area contributed by atoms with Gasteiger partial charge in [-0.3, -0.25) is 0 Å². The van der Waals surface area contributed by atoms with Crippen molar-refractivity contribution in [1.29, 1.82) is 0 Å². The van der Waals surface area contributed by atoms with Gasteiger partial charge in [0.2, 0.25) is 0 Å². The number of nitrogens with one attached hydrogen (secondary N) is 2. The Labute approximate surface area is 77.1 Å². The van der Waals surface area contributed by atoms with Gasteiger partial charge in [0.05, 0.1) is 0 Å². The van der Waals surface area contributed by atoms with E-state index < -0.39 is 0 Å². The molecule has 0 bridgehead atoms. The summed E-state index contributed by atoms with van der Waals surface area (Å²) in [4.78, 5) is 0. The third-order valence-corrected chi connectivity index (χ3v) is 2.35. The van der Waals surface area contributed by atoms with Crippen molar-refractivity contribution in [1.82, 2.24) is 10.6 Å². The zero-order chi connectivity index (χ0) is 9.45. The molecule has 2 N–H and O–H groups in total. The maximum absolute atomic E-state index is 3.46. The van der Waals surface area contributed by atoms with E-state index in [9.17, 15) is 0 Å². The highest BCUT2D eigenvalue weighted by Gasteiger charge is 2.38. The third kappa shape index (κ3) is 2.76. The second-order valence-electron chi connectivity index (χ2n) is 2.88. The van der Waals surface area contributed by atoms with Crippen molar-refractivity contribution < 1.29 is 0 Å². The third-order valence-electron chi connectivity index (χ3n) is 2.35. The van der Waals surface area contributed by atoms with Crippen molar-refractivity contribution in [3.05, 3.63) is 0 Å². The lowest BCUT2D eigenvalue weighted by atomic mass is 9.87. The molecule has 2 aliphatic rings. The standard InChI is InChI=1S/C6H12N2.2C2H6/c1-3-7-5-6(1)2-4-8-6;2*1-2/h7-8H,1-5H2;2*1-2H3. The molecule has 0 aliphatic carbocycles. The summed E-state index contributed by atoms with van der Waals surface area (Å²) < 4.78 is 0. The molecule has 0 amide bonds. The molecular weight excluding hydrogens is 148 g/mol. The van der Waals surface area contributed by atoms with Crippen LogP contribution in [0.15, 0.2) is 0 Å². The minimum atomic E-state index is 0.556. The molecule has 0 radical (unpaired) electrons. The van der Waals surface area contributed by atoms with Crippen molar-refractivity contribution >= 4 is 0 Å². The average Bonchev–Trinajstić information content (AvgIpc) is 2.59. The number of hydrogen-bond donors (Lipinski definition) is 2. The Balaban J connectivity index is 0.000000269. The predicted octanol–water partition coefficient (Wildman–Crippen LogP) is 1.76. The summed E-state index contributed by atoms with van der Waals surface area (Å²) in [5, 5.41) is 6.81. The van der Waals surface area contributed by atoms with E-state index in [1.54, 1.807) is 0 Å². The molecule has 1 spiro atoms. The van der Waals surface area contributed by atoms with E-state index in [0.29, 0.717) is 5.54 Å². The Kier molecular flexibility index (Phi) is 6.39. The van der Waals surface area contributed by atoms with Gasteiger partial charge in [0, 0.05) is 12.1 Å². The molecule has 0 saturated carbocycles. The fraction of sp³-hybridized carbons (Fsp3) is 1.00. The SMILES string of the molecule is C1CC2(CCN2)CN1.CC.CC. The largest absolute Gasteiger partial charge is 0.315 e. The summed E-state index contributed by atoms with van der Waals surface area (Å²) in [6.45, 7) is 11.7. The molecule has 2 nitrogen and oxygen atoms in total. The van der Waals surface area contributed by atoms with Crippen molar-refractivity contribution in [2.45, 2.75) is 46.1 Å². The molecule has 0 aromatic heterocycles. The van der Waals surface area contributed by atoms with Crippen LogP contribution in [0.1, 0.15) is 40.5 Å². The summed E-state index contributed by atoms with van der Waals surface area (Å²) >= 11 is 0. The predicted molar refractivity (Wildman–Crippen MR) is 55.5 cm³/mol. The van der Waals surface area contributed by atoms with Gasteiger partial charge in [-0.1, -0.05) is 27.7 Å². The second kappa shape index (κ2) is 6.44. The van der Waals surface area contributed by atoms with E-state index in [-0.39, 0.29) is 0 Å². The smallest absolute Gasteiger partial charge is 0.0330 e. The van der Waals surface area contributed by atoms with Crippen LogP contribution < -0.4 is 10.6 Å². The molecule has 0 aromatic carbocycles. The van der Waals surface area contributed by atoms with Crippen LogP contribution in [0.2, 0.25) is 0 Å². The first-order valence-corrected chi connectivity index (χ1v) is 5.37. The highest BCUT2D eigenvalue weighted by Crippen LogP contribution is 2.24. The Hall–Kier alpha value is -0.0800. The zero-order valence-corrected chi connectivity index (χ0v) is 9.04. The van der Waals surface area contributed by atoms with E-state index in [2.05, 4.69) is 10.6 Å². The zero-order valence-electron chi connectivity index (χ0n) is 9.04. The quantitative estimate of drug-likeness (QED) is 0.582. The van der Waals surface area contributed by atoms with Crippen LogP contribution in [-0.4, -0.2) is 25.2 Å². The minimum Gasteiger partial charge on any atom is -0.315 e. The molecule has 2 aliphatic heterocycles. The van der Waals surface area contributed by atoms with Gasteiger partial charge in [-0.05, 0) is 25.9 Å². The van der Waals surface area contributed by atoms with Crippen LogP contribution in [0.3, 0.4) is 0 Å². The molecule has 2 heterocycles. The monoisotopic (exact) mass is 172 g/mol. The van der Waals surface area contributed by atoms with Crippen LogP contribution in [0.25, 0.3) is 0 Å². The average molecular weight is 172 g/mol. The molecule has 12 heavy (non-hydrogen) atoms. The molecule has 0 aromatic rings. The topological polar surface area (TPSA) is 24.1 Å². The van der Waals surface area contributed by atoms with Gasteiger partial charge in [-0.25, -0.2) is 0 Å². The van der Waals surface area contributed by atoms with Gasteiger partial charge in [0.1, 0.15) is 0 Å². The Bertz CT molecular complexity index is 90.0. The molecule has 2 heteroatoms. The van der Waals surface area contributed by atoms with Crippen LogP contribution in [0.5, 0.6) is 0 Å². The summed E-state index contributed by atoms with van der Waals surface area (Å²) in [6, 6.07) is 0. The molecule has 2 rings (SSSR count). The van der Waals surface area contributed by atoms with Gasteiger partial charge in [-0.15, -0.1) is 0 Å². The van der Waals surface area contributed by atoms with Crippen LogP contribution in [0, 0.1) is 0 Å². The number of rotatable bonds is 0. The van der Waals surface area contributed by atoms with Crippen LogP contribution >= 0.6 is 0 Å². The second-order valence-corrected chi connectivity index (χ2v) is 2.88. The van der Waals surface area contributed by atoms with Crippen LogP contribution in [-0.2, 0) is 0 Å². The van der Waals surface area contributed by atoms with Crippen molar-refractivity contribution in [3.63, 3.8) is 0 Å². The first-order chi connectivity index (χ1) is 5.91. The summed E-state index contributed by atoms with van der Waals surface area (Å²) in [7, 11) is 0. The maximum Gasteiger partial charge on any atom is 0.0330 e. The minimum absolute atomic E-state index is 0.556. The van der Waals surface area contributed by atoms with Crippen LogP contribution in [0.4, 0.5) is 0 Å². The Morgan fingerprint density at radius 3 is 1.67 bits per heavy atom. The molecule has 2 fully saturated rings. The fourth-order valence-corrected chi connectivity index (χ4v) is 1.59. The molecule has 74 valence electrons. The lowest BCUT2D eigenvalue weighted by Crippen LogP contribution is -2.58. The molecule has 2 saturated heterocycles. The molecular formula is C10H24N2. The number of hydrogen-bond acceptors (Lipinski definition) is 2. The van der Waals surface area contributed by atoms with Gasteiger partial charge in [-0.2, -0.15) is 0 Å². The van der Waals surface area contributed by atoms with E-state index >= 15 is 0 Å². The van der Waals surface area contributed by atoms with E-state index in [1.165, 1.54) is 32.5 Å². The summed E-state index contributed by atoms with van der Waals surface area (Å²) in [5.74, 6) is 0. The first-order valence-electron chi connectivity index (χ1n) is 5.37. The van der Waals surface area contributed by atoms with Gasteiger partial charge in [0.15, 0.2) is 0 Å². The highest BCUT2D eigenvalue weighted by atomic mass is 15.1. The lowest BCUT2D eigenvalue weighted by Gasteiger charge is -2.39. The van der Waals surface area contributed by atoms with E-state index in [0.717, 1.165) is 0 Å².